The van der Waals surface area contributed by atoms with Gasteiger partial charge in [-0.15, -0.1) is 11.3 Å². The van der Waals surface area contributed by atoms with Gasteiger partial charge < -0.3 is 16.8 Å². The van der Waals surface area contributed by atoms with Crippen molar-refractivity contribution in [2.24, 2.45) is 11.5 Å². The van der Waals surface area contributed by atoms with E-state index in [4.69, 9.17) is 16.5 Å². The van der Waals surface area contributed by atoms with Crippen molar-refractivity contribution in [2.75, 3.05) is 5.32 Å². The number of benzene rings is 1. The number of hydrogen-bond donors (Lipinski definition) is 3. The number of anilines is 1. The lowest BCUT2D eigenvalue weighted by molar-refractivity contribution is 0.0995. The van der Waals surface area contributed by atoms with Crippen LogP contribution < -0.4 is 16.8 Å². The Balaban J connectivity index is 1.60. The number of nitrogens with two attached hydrogens (primary N) is 2. The molecule has 6 nitrogen and oxygen atoms in total. The van der Waals surface area contributed by atoms with Gasteiger partial charge in [0.1, 0.15) is 5.69 Å². The zero-order valence-corrected chi connectivity index (χ0v) is 18.4. The van der Waals surface area contributed by atoms with Crippen LogP contribution in [-0.4, -0.2) is 28.0 Å². The van der Waals surface area contributed by atoms with E-state index in [1.165, 1.54) is 4.88 Å². The minimum atomic E-state index is -0.529. The minimum absolute atomic E-state index is 0.258. The Kier molecular flexibility index (Phi) is 5.59. The SMILES string of the molecule is NC(=O)c1ccc(-c2ccc3ncc(-c4cccs4)c(NC4CCC(N)CC4)c3c2)cn1. The summed E-state index contributed by atoms with van der Waals surface area (Å²) in [5.41, 5.74) is 16.8. The third kappa shape index (κ3) is 4.09. The first-order valence-electron chi connectivity index (χ1n) is 10.8. The molecule has 1 aliphatic carbocycles. The summed E-state index contributed by atoms with van der Waals surface area (Å²) in [6.45, 7) is 0. The van der Waals surface area contributed by atoms with Gasteiger partial charge in [-0.3, -0.25) is 14.8 Å². The normalized spacial score (nSPS) is 18.5. The van der Waals surface area contributed by atoms with E-state index in [1.807, 2.05) is 24.4 Å². The molecule has 0 aliphatic heterocycles. The first kappa shape index (κ1) is 20.6. The second kappa shape index (κ2) is 8.68. The van der Waals surface area contributed by atoms with Crippen LogP contribution in [-0.2, 0) is 0 Å². The Morgan fingerprint density at radius 1 is 1.00 bits per heavy atom. The predicted octanol–water partition coefficient (Wildman–Crippen LogP) is 4.81. The Morgan fingerprint density at radius 3 is 2.50 bits per heavy atom. The van der Waals surface area contributed by atoms with Gasteiger partial charge in [0.2, 0.25) is 0 Å². The fourth-order valence-corrected chi connectivity index (χ4v) is 5.07. The zero-order chi connectivity index (χ0) is 22.1. The summed E-state index contributed by atoms with van der Waals surface area (Å²) in [7, 11) is 0. The van der Waals surface area contributed by atoms with Gasteiger partial charge in [-0.2, -0.15) is 0 Å². The lowest BCUT2D eigenvalue weighted by atomic mass is 9.91. The molecule has 5 N–H and O–H groups in total. The molecular weight excluding hydrogens is 418 g/mol. The maximum atomic E-state index is 11.4. The molecular formula is C25H25N5OS. The summed E-state index contributed by atoms with van der Waals surface area (Å²) >= 11 is 1.71. The number of aromatic nitrogens is 2. The topological polar surface area (TPSA) is 107 Å². The van der Waals surface area contributed by atoms with Gasteiger partial charge >= 0.3 is 0 Å². The summed E-state index contributed by atoms with van der Waals surface area (Å²) in [6, 6.07) is 14.6. The molecule has 0 bridgehead atoms. The Hall–Kier alpha value is -3.29. The summed E-state index contributed by atoms with van der Waals surface area (Å²) in [4.78, 5) is 21.5. The number of hydrogen-bond acceptors (Lipinski definition) is 6. The molecule has 32 heavy (non-hydrogen) atoms. The van der Waals surface area contributed by atoms with Crippen LogP contribution in [0.4, 0.5) is 5.69 Å². The monoisotopic (exact) mass is 443 g/mol. The van der Waals surface area contributed by atoms with Gasteiger partial charge in [-0.05, 0) is 60.9 Å². The van der Waals surface area contributed by atoms with Crippen LogP contribution in [0, 0.1) is 0 Å². The summed E-state index contributed by atoms with van der Waals surface area (Å²) in [5.74, 6) is -0.529. The number of nitrogens with one attached hydrogen (secondary N) is 1. The molecule has 7 heteroatoms. The van der Waals surface area contributed by atoms with E-state index in [9.17, 15) is 4.79 Å². The molecule has 162 valence electrons. The van der Waals surface area contributed by atoms with Crippen molar-refractivity contribution in [3.8, 4) is 21.6 Å². The molecule has 0 unspecified atom stereocenters. The molecule has 0 radical (unpaired) electrons. The van der Waals surface area contributed by atoms with Crippen molar-refractivity contribution < 1.29 is 4.79 Å². The number of primary amides is 1. The molecule has 5 rings (SSSR count). The van der Waals surface area contributed by atoms with E-state index in [0.29, 0.717) is 12.1 Å². The number of amides is 1. The smallest absolute Gasteiger partial charge is 0.267 e. The molecule has 3 heterocycles. The van der Waals surface area contributed by atoms with E-state index < -0.39 is 5.91 Å². The lowest BCUT2D eigenvalue weighted by Crippen LogP contribution is -2.33. The van der Waals surface area contributed by atoms with Gasteiger partial charge in [-0.25, -0.2) is 0 Å². The number of nitrogens with zero attached hydrogens (tertiary/aromatic N) is 2. The number of fused-ring (bicyclic) bond motifs is 1. The lowest BCUT2D eigenvalue weighted by Gasteiger charge is -2.29. The molecule has 1 aliphatic rings. The van der Waals surface area contributed by atoms with Crippen LogP contribution in [0.15, 0.2) is 60.2 Å². The van der Waals surface area contributed by atoms with Crippen LogP contribution in [0.3, 0.4) is 0 Å². The molecule has 3 aromatic heterocycles. The van der Waals surface area contributed by atoms with Gasteiger partial charge in [-0.1, -0.05) is 18.2 Å². The first-order valence-corrected chi connectivity index (χ1v) is 11.7. The highest BCUT2D eigenvalue weighted by atomic mass is 32.1. The summed E-state index contributed by atoms with van der Waals surface area (Å²) in [5, 5.41) is 7.00. The zero-order valence-electron chi connectivity index (χ0n) is 17.6. The highest BCUT2D eigenvalue weighted by Crippen LogP contribution is 2.39. The first-order chi connectivity index (χ1) is 15.6. The van der Waals surface area contributed by atoms with Crippen LogP contribution in [0.5, 0.6) is 0 Å². The number of thiophene rings is 1. The second-order valence-corrected chi connectivity index (χ2v) is 9.26. The summed E-state index contributed by atoms with van der Waals surface area (Å²) < 4.78 is 0. The van der Waals surface area contributed by atoms with Gasteiger partial charge in [0, 0.05) is 45.9 Å². The molecule has 1 fully saturated rings. The Bertz CT molecular complexity index is 1250. The van der Waals surface area contributed by atoms with Crippen LogP contribution in [0.2, 0.25) is 0 Å². The van der Waals surface area contributed by atoms with Crippen molar-refractivity contribution in [3.05, 3.63) is 65.9 Å². The van der Waals surface area contributed by atoms with Crippen molar-refractivity contribution >= 4 is 33.8 Å². The van der Waals surface area contributed by atoms with E-state index in [0.717, 1.165) is 59.0 Å². The number of carbonyl (C=O) groups excluding carboxylic acids is 1. The van der Waals surface area contributed by atoms with Gasteiger partial charge in [0.15, 0.2) is 0 Å². The maximum absolute atomic E-state index is 11.4. The van der Waals surface area contributed by atoms with Crippen molar-refractivity contribution in [3.63, 3.8) is 0 Å². The standard InChI is InChI=1S/C25H25N5OS/c26-17-5-7-18(8-6-17)30-24-19-12-15(16-4-10-22(25(27)31)28-13-16)3-9-21(19)29-14-20(24)23-2-1-11-32-23/h1-4,9-14,17-18H,5-8,26H2,(H2,27,31)(H,29,30). The highest BCUT2D eigenvalue weighted by molar-refractivity contribution is 7.13. The molecule has 0 saturated heterocycles. The minimum Gasteiger partial charge on any atom is -0.381 e. The fraction of sp³-hybridized carbons (Fsp3) is 0.240. The van der Waals surface area contributed by atoms with Crippen molar-refractivity contribution in [1.82, 2.24) is 9.97 Å². The Labute approximate surface area is 190 Å². The second-order valence-electron chi connectivity index (χ2n) is 8.31. The number of rotatable bonds is 5. The van der Waals surface area contributed by atoms with Gasteiger partial charge in [0.05, 0.1) is 11.2 Å². The van der Waals surface area contributed by atoms with E-state index >= 15 is 0 Å². The number of pyridine rings is 2. The van der Waals surface area contributed by atoms with Crippen molar-refractivity contribution in [1.29, 1.82) is 0 Å². The van der Waals surface area contributed by atoms with Crippen LogP contribution in [0.1, 0.15) is 36.2 Å². The van der Waals surface area contributed by atoms with E-state index in [-0.39, 0.29) is 5.69 Å². The predicted molar refractivity (Wildman–Crippen MR) is 131 cm³/mol. The average Bonchev–Trinajstić information content (AvgIpc) is 3.35. The maximum Gasteiger partial charge on any atom is 0.267 e. The van der Waals surface area contributed by atoms with Crippen molar-refractivity contribution in [2.45, 2.75) is 37.8 Å². The third-order valence-electron chi connectivity index (χ3n) is 6.12. The molecule has 4 aromatic rings. The van der Waals surface area contributed by atoms with Gasteiger partial charge in [0.25, 0.3) is 5.91 Å². The van der Waals surface area contributed by atoms with Crippen LogP contribution in [0.25, 0.3) is 32.5 Å². The molecule has 1 aromatic carbocycles. The molecule has 1 amide bonds. The largest absolute Gasteiger partial charge is 0.381 e. The molecule has 1 saturated carbocycles. The van der Waals surface area contributed by atoms with Crippen LogP contribution >= 0.6 is 11.3 Å². The average molecular weight is 444 g/mol. The highest BCUT2D eigenvalue weighted by Gasteiger charge is 2.21. The fourth-order valence-electron chi connectivity index (χ4n) is 4.32. The third-order valence-corrected chi connectivity index (χ3v) is 7.03. The quantitative estimate of drug-likeness (QED) is 0.410. The molecule has 0 atom stereocenters. The van der Waals surface area contributed by atoms with E-state index in [1.54, 1.807) is 23.6 Å². The van der Waals surface area contributed by atoms with E-state index in [2.05, 4.69) is 33.9 Å². The Morgan fingerprint density at radius 2 is 1.81 bits per heavy atom. The molecule has 0 spiro atoms. The summed E-state index contributed by atoms with van der Waals surface area (Å²) in [6.07, 6.45) is 7.86. The number of carbonyl (C=O) groups is 1.